The molecule has 0 amide bonds. The van der Waals surface area contributed by atoms with Crippen LogP contribution in [0.5, 0.6) is 5.75 Å². The van der Waals surface area contributed by atoms with Crippen LogP contribution < -0.4 is 10.3 Å². The number of ether oxygens (including phenoxy) is 1. The van der Waals surface area contributed by atoms with E-state index in [1.54, 1.807) is 23.0 Å². The van der Waals surface area contributed by atoms with Gasteiger partial charge in [0, 0.05) is 30.6 Å². The lowest BCUT2D eigenvalue weighted by Crippen LogP contribution is -2.30. The molecule has 0 N–H and O–H groups in total. The Bertz CT molecular complexity index is 1380. The normalized spacial score (nSPS) is 14.0. The van der Waals surface area contributed by atoms with E-state index in [1.165, 1.54) is 16.6 Å². The Morgan fingerprint density at radius 3 is 2.94 bits per heavy atom. The van der Waals surface area contributed by atoms with Gasteiger partial charge in [-0.25, -0.2) is 9.67 Å². The topological polar surface area (TPSA) is 91.0 Å². The van der Waals surface area contributed by atoms with E-state index in [9.17, 15) is 4.79 Å². The highest BCUT2D eigenvalue weighted by Crippen LogP contribution is 2.35. The van der Waals surface area contributed by atoms with Gasteiger partial charge < -0.3 is 4.74 Å². The van der Waals surface area contributed by atoms with Gasteiger partial charge in [-0.3, -0.25) is 14.3 Å². The molecule has 1 aromatic carbocycles. The summed E-state index contributed by atoms with van der Waals surface area (Å²) in [6, 6.07) is 7.55. The summed E-state index contributed by atoms with van der Waals surface area (Å²) in [4.78, 5) is 23.4. The van der Waals surface area contributed by atoms with Gasteiger partial charge in [-0.1, -0.05) is 31.7 Å². The molecule has 4 heterocycles. The lowest BCUT2D eigenvalue weighted by molar-refractivity contribution is 0.272. The van der Waals surface area contributed by atoms with Crippen LogP contribution in [0.2, 0.25) is 0 Å². The Morgan fingerprint density at radius 2 is 2.15 bits per heavy atom. The maximum absolute atomic E-state index is 14.0. The first kappa shape index (κ1) is 23.0. The number of thiophene rings is 1. The summed E-state index contributed by atoms with van der Waals surface area (Å²) in [7, 11) is 1.63. The molecule has 3 aromatic heterocycles. The maximum atomic E-state index is 14.0. The van der Waals surface area contributed by atoms with Crippen molar-refractivity contribution in [1.82, 2.24) is 34.7 Å². The molecular weight excluding hydrogens is 470 g/mol. The number of methoxy groups -OCH3 is 1. The van der Waals surface area contributed by atoms with Crippen LogP contribution in [0.15, 0.2) is 34.2 Å². The quantitative estimate of drug-likeness (QED) is 0.270. The first-order valence-electron chi connectivity index (χ1n) is 11.4. The fourth-order valence-corrected chi connectivity index (χ4v) is 6.51. The largest absolute Gasteiger partial charge is 0.497 e. The lowest BCUT2D eigenvalue weighted by atomic mass is 10.1. The summed E-state index contributed by atoms with van der Waals surface area (Å²) in [5, 5.41) is 13.5. The van der Waals surface area contributed by atoms with Gasteiger partial charge >= 0.3 is 0 Å². The molecule has 1 aliphatic rings. The van der Waals surface area contributed by atoms with Crippen LogP contribution in [0, 0.1) is 0 Å². The van der Waals surface area contributed by atoms with E-state index in [0.717, 1.165) is 66.3 Å². The fraction of sp³-hybridized carbons (Fsp3) is 0.435. The molecule has 9 nitrogen and oxygen atoms in total. The van der Waals surface area contributed by atoms with Crippen LogP contribution in [0.4, 0.5) is 0 Å². The van der Waals surface area contributed by atoms with Gasteiger partial charge in [0.2, 0.25) is 0 Å². The molecule has 0 atom stereocenters. The van der Waals surface area contributed by atoms with Gasteiger partial charge in [0.1, 0.15) is 10.6 Å². The number of thioether (sulfide) groups is 1. The highest BCUT2D eigenvalue weighted by Gasteiger charge is 2.25. The summed E-state index contributed by atoms with van der Waals surface area (Å²) in [5.74, 6) is 1.98. The predicted molar refractivity (Wildman–Crippen MR) is 134 cm³/mol. The molecule has 0 fully saturated rings. The third-order valence-electron chi connectivity index (χ3n) is 6.05. The predicted octanol–water partition coefficient (Wildman–Crippen LogP) is 3.52. The van der Waals surface area contributed by atoms with Gasteiger partial charge in [-0.2, -0.15) is 0 Å². The van der Waals surface area contributed by atoms with Crippen molar-refractivity contribution in [3.8, 4) is 11.4 Å². The number of rotatable bonds is 8. The third-order valence-corrected chi connectivity index (χ3v) is 8.10. The van der Waals surface area contributed by atoms with E-state index in [4.69, 9.17) is 9.72 Å². The van der Waals surface area contributed by atoms with E-state index in [0.29, 0.717) is 16.7 Å². The minimum Gasteiger partial charge on any atom is -0.497 e. The summed E-state index contributed by atoms with van der Waals surface area (Å²) >= 11 is 3.12. The Kier molecular flexibility index (Phi) is 6.66. The zero-order chi connectivity index (χ0) is 23.7. The van der Waals surface area contributed by atoms with E-state index < -0.39 is 0 Å². The van der Waals surface area contributed by atoms with E-state index in [1.807, 2.05) is 28.9 Å². The van der Waals surface area contributed by atoms with Gasteiger partial charge in [-0.05, 0) is 47.5 Å². The summed E-state index contributed by atoms with van der Waals surface area (Å²) in [5.41, 5.74) is 1.86. The zero-order valence-corrected chi connectivity index (χ0v) is 21.2. The first-order valence-corrected chi connectivity index (χ1v) is 13.2. The molecule has 0 bridgehead atoms. The van der Waals surface area contributed by atoms with Gasteiger partial charge in [0.15, 0.2) is 11.0 Å². The molecule has 0 spiro atoms. The number of likely N-dealkylation sites (N-methyl/N-ethyl adjacent to an activating group) is 1. The average molecular weight is 498 g/mol. The number of benzene rings is 1. The van der Waals surface area contributed by atoms with E-state index >= 15 is 0 Å². The maximum Gasteiger partial charge on any atom is 0.267 e. The first-order chi connectivity index (χ1) is 16.6. The molecular formula is C23H27N7O2S2. The molecule has 5 rings (SSSR count). The SMILES string of the molecule is CCCn1nnnc1CSc1nc2sc3c(c2c(=O)n1-c1cccc(OC)c1)CCN(CC)C3. The molecule has 0 saturated carbocycles. The molecule has 178 valence electrons. The molecule has 4 aromatic rings. The van der Waals surface area contributed by atoms with Crippen molar-refractivity contribution in [2.24, 2.45) is 0 Å². The van der Waals surface area contributed by atoms with Crippen molar-refractivity contribution >= 4 is 33.3 Å². The second kappa shape index (κ2) is 9.85. The zero-order valence-electron chi connectivity index (χ0n) is 19.5. The third kappa shape index (κ3) is 4.23. The summed E-state index contributed by atoms with van der Waals surface area (Å²) < 4.78 is 8.95. The monoisotopic (exact) mass is 497 g/mol. The second-order valence-corrected chi connectivity index (χ2v) is 10.2. The number of fused-ring (bicyclic) bond motifs is 3. The number of hydrogen-bond acceptors (Lipinski definition) is 9. The molecule has 1 aliphatic heterocycles. The highest BCUT2D eigenvalue weighted by atomic mass is 32.2. The smallest absolute Gasteiger partial charge is 0.267 e. The molecule has 0 aliphatic carbocycles. The van der Waals surface area contributed by atoms with Crippen molar-refractivity contribution in [3.63, 3.8) is 0 Å². The fourth-order valence-electron chi connectivity index (χ4n) is 4.26. The van der Waals surface area contributed by atoms with Crippen molar-refractivity contribution in [2.75, 3.05) is 20.2 Å². The molecule has 0 unspecified atom stereocenters. The summed E-state index contributed by atoms with van der Waals surface area (Å²) in [6.45, 7) is 7.86. The number of aryl methyl sites for hydroxylation is 1. The van der Waals surface area contributed by atoms with E-state index in [-0.39, 0.29) is 5.56 Å². The Balaban J connectivity index is 1.63. The van der Waals surface area contributed by atoms with Crippen molar-refractivity contribution in [1.29, 1.82) is 0 Å². The van der Waals surface area contributed by atoms with E-state index in [2.05, 4.69) is 34.3 Å². The van der Waals surface area contributed by atoms with Crippen molar-refractivity contribution < 1.29 is 4.74 Å². The average Bonchev–Trinajstić information content (AvgIpc) is 3.46. The number of aromatic nitrogens is 6. The molecule has 0 radical (unpaired) electrons. The summed E-state index contributed by atoms with van der Waals surface area (Å²) in [6.07, 6.45) is 1.81. The van der Waals surface area contributed by atoms with Crippen LogP contribution in [0.3, 0.4) is 0 Å². The van der Waals surface area contributed by atoms with Crippen LogP contribution in [-0.2, 0) is 25.3 Å². The standard InChI is InChI=1S/C23H27N7O2S2/c1-4-10-29-19(25-26-27-29)14-33-23-24-21-20(17-9-11-28(5-2)13-18(17)34-21)22(31)30(23)15-7-6-8-16(12-15)32-3/h6-8,12H,4-5,9-11,13-14H2,1-3H3. The Morgan fingerprint density at radius 1 is 1.26 bits per heavy atom. The Labute approximate surface area is 205 Å². The number of hydrogen-bond donors (Lipinski definition) is 0. The minimum absolute atomic E-state index is 0.0312. The Hall–Kier alpha value is -2.76. The van der Waals surface area contributed by atoms with Crippen LogP contribution in [-0.4, -0.2) is 54.9 Å². The van der Waals surface area contributed by atoms with Crippen molar-refractivity contribution in [3.05, 3.63) is 50.9 Å². The van der Waals surface area contributed by atoms with Crippen LogP contribution in [0.25, 0.3) is 15.9 Å². The van der Waals surface area contributed by atoms with Gasteiger partial charge in [0.25, 0.3) is 5.56 Å². The van der Waals surface area contributed by atoms with Crippen LogP contribution >= 0.6 is 23.1 Å². The lowest BCUT2D eigenvalue weighted by Gasteiger charge is -2.25. The van der Waals surface area contributed by atoms with Gasteiger partial charge in [-0.15, -0.1) is 16.4 Å². The van der Waals surface area contributed by atoms with Crippen LogP contribution in [0.1, 0.15) is 36.5 Å². The highest BCUT2D eigenvalue weighted by molar-refractivity contribution is 7.98. The molecule has 0 saturated heterocycles. The van der Waals surface area contributed by atoms with Crippen molar-refractivity contribution in [2.45, 2.75) is 50.7 Å². The number of nitrogens with zero attached hydrogens (tertiary/aromatic N) is 7. The molecule has 34 heavy (non-hydrogen) atoms. The second-order valence-electron chi connectivity index (χ2n) is 8.15. The van der Waals surface area contributed by atoms with Gasteiger partial charge in [0.05, 0.1) is 23.9 Å². The molecule has 11 heteroatoms. The minimum atomic E-state index is -0.0312. The number of tetrazole rings is 1.